The minimum atomic E-state index is -0.313. The number of hydrogen-bond donors (Lipinski definition) is 0. The number of rotatable bonds is 12. The number of carbonyl (C=O) groups is 2. The van der Waals surface area contributed by atoms with Crippen molar-refractivity contribution in [3.63, 3.8) is 0 Å². The molecule has 2 atom stereocenters. The maximum Gasteiger partial charge on any atom is 0.181 e. The Kier molecular flexibility index (Phi) is 10.3. The second-order valence-corrected chi connectivity index (χ2v) is 6.40. The molecule has 0 fully saturated rings. The summed E-state index contributed by atoms with van der Waals surface area (Å²) in [5, 5.41) is 3.16. The van der Waals surface area contributed by atoms with E-state index in [4.69, 9.17) is 0 Å². The van der Waals surface area contributed by atoms with Crippen LogP contribution in [0.3, 0.4) is 0 Å². The zero-order valence-electron chi connectivity index (χ0n) is 15.3. The highest BCUT2D eigenvalue weighted by atomic mass is 16.3. The monoisotopic (exact) mass is 343 g/mol. The van der Waals surface area contributed by atoms with Gasteiger partial charge in [-0.15, -0.1) is 0 Å². The van der Waals surface area contributed by atoms with E-state index in [0.717, 1.165) is 31.3 Å². The fraction of sp³-hybridized carbons (Fsp3) is 0.524. The molecule has 0 aromatic carbocycles. The molecule has 0 amide bonds. The summed E-state index contributed by atoms with van der Waals surface area (Å²) in [7, 11) is 0. The number of Topliss-reactive ketones (excluding diaryl/α,β-unsaturated/α-hetero) is 1. The Bertz CT molecular complexity index is 570. The highest BCUT2D eigenvalue weighted by Crippen LogP contribution is 2.26. The van der Waals surface area contributed by atoms with Crippen LogP contribution in [0.4, 0.5) is 0 Å². The molecular formula is C21H29NO3. The third kappa shape index (κ3) is 8.52. The average molecular weight is 343 g/mol. The molecule has 0 saturated heterocycles. The standard InChI is InChI=1S/C21H29NO3/c1-3-4-7-12-19(22-25)14-15-20-18(13-16-21(20)24)11-9-6-5-8-10-17(2)23/h4,6-7,9,13,15-16,18-19H,3,5,8,10-12,14H2,1-2H3/b7-4-,9-6-,20-15+/t18-,19-/m0/s1. The van der Waals surface area contributed by atoms with Gasteiger partial charge in [-0.3, -0.25) is 4.79 Å². The van der Waals surface area contributed by atoms with Crippen LogP contribution in [0, 0.1) is 10.8 Å². The summed E-state index contributed by atoms with van der Waals surface area (Å²) in [5.41, 5.74) is 0.765. The number of hydrogen-bond acceptors (Lipinski definition) is 4. The number of allylic oxidation sites excluding steroid dienone is 6. The zero-order chi connectivity index (χ0) is 18.5. The highest BCUT2D eigenvalue weighted by Gasteiger charge is 2.22. The Morgan fingerprint density at radius 3 is 2.72 bits per heavy atom. The average Bonchev–Trinajstić information content (AvgIpc) is 2.94. The zero-order valence-corrected chi connectivity index (χ0v) is 15.3. The molecule has 0 aliphatic heterocycles. The molecule has 0 aromatic heterocycles. The van der Waals surface area contributed by atoms with Crippen molar-refractivity contribution in [1.82, 2.24) is 0 Å². The Hall–Kier alpha value is -2.10. The smallest absolute Gasteiger partial charge is 0.181 e. The van der Waals surface area contributed by atoms with E-state index >= 15 is 0 Å². The summed E-state index contributed by atoms with van der Waals surface area (Å²) in [6.07, 6.45) is 18.7. The quantitative estimate of drug-likeness (QED) is 0.210. The van der Waals surface area contributed by atoms with Crippen molar-refractivity contribution in [2.24, 2.45) is 11.1 Å². The first-order valence-electron chi connectivity index (χ1n) is 9.13. The summed E-state index contributed by atoms with van der Waals surface area (Å²) >= 11 is 0. The third-order valence-corrected chi connectivity index (χ3v) is 4.19. The van der Waals surface area contributed by atoms with Crippen LogP contribution in [0.5, 0.6) is 0 Å². The third-order valence-electron chi connectivity index (χ3n) is 4.19. The first-order chi connectivity index (χ1) is 12.1. The van der Waals surface area contributed by atoms with Crippen molar-refractivity contribution < 1.29 is 9.59 Å². The highest BCUT2D eigenvalue weighted by molar-refractivity contribution is 6.07. The molecule has 4 heteroatoms. The van der Waals surface area contributed by atoms with Crippen molar-refractivity contribution in [2.75, 3.05) is 0 Å². The molecule has 4 nitrogen and oxygen atoms in total. The molecule has 0 aromatic rings. The van der Waals surface area contributed by atoms with Crippen LogP contribution in [-0.2, 0) is 9.59 Å². The van der Waals surface area contributed by atoms with Gasteiger partial charge in [0.05, 0.1) is 6.04 Å². The fourth-order valence-electron chi connectivity index (χ4n) is 2.74. The van der Waals surface area contributed by atoms with Gasteiger partial charge in [0.1, 0.15) is 5.78 Å². The van der Waals surface area contributed by atoms with Crippen LogP contribution in [0.15, 0.2) is 53.3 Å². The first kappa shape index (κ1) is 20.9. The molecule has 0 unspecified atom stereocenters. The molecule has 0 saturated carbocycles. The summed E-state index contributed by atoms with van der Waals surface area (Å²) in [5.74, 6) is 0.328. The lowest BCUT2D eigenvalue weighted by Crippen LogP contribution is -2.06. The van der Waals surface area contributed by atoms with E-state index in [1.54, 1.807) is 13.0 Å². The number of unbranched alkanes of at least 4 members (excludes halogenated alkanes) is 1. The van der Waals surface area contributed by atoms with Gasteiger partial charge in [0.25, 0.3) is 0 Å². The van der Waals surface area contributed by atoms with Crippen LogP contribution in [-0.4, -0.2) is 17.6 Å². The molecule has 0 heterocycles. The summed E-state index contributed by atoms with van der Waals surface area (Å²) < 4.78 is 0. The second-order valence-electron chi connectivity index (χ2n) is 6.40. The van der Waals surface area contributed by atoms with Gasteiger partial charge in [-0.2, -0.15) is 4.91 Å². The Morgan fingerprint density at radius 1 is 1.24 bits per heavy atom. The van der Waals surface area contributed by atoms with Gasteiger partial charge in [0, 0.05) is 17.9 Å². The van der Waals surface area contributed by atoms with Crippen molar-refractivity contribution in [1.29, 1.82) is 0 Å². The lowest BCUT2D eigenvalue weighted by molar-refractivity contribution is -0.117. The maximum atomic E-state index is 12.0. The molecule has 1 aliphatic carbocycles. The Labute approximate surface area is 150 Å². The summed E-state index contributed by atoms with van der Waals surface area (Å²) in [6, 6.07) is -0.313. The van der Waals surface area contributed by atoms with Gasteiger partial charge in [-0.1, -0.05) is 48.6 Å². The minimum Gasteiger partial charge on any atom is -0.300 e. The lowest BCUT2D eigenvalue weighted by atomic mass is 9.95. The van der Waals surface area contributed by atoms with E-state index in [0.29, 0.717) is 19.3 Å². The molecular weight excluding hydrogens is 314 g/mol. The van der Waals surface area contributed by atoms with Gasteiger partial charge < -0.3 is 4.79 Å². The molecule has 25 heavy (non-hydrogen) atoms. The van der Waals surface area contributed by atoms with Gasteiger partial charge in [0.15, 0.2) is 5.78 Å². The molecule has 0 radical (unpaired) electrons. The predicted molar refractivity (Wildman–Crippen MR) is 102 cm³/mol. The Balaban J connectivity index is 2.51. The van der Waals surface area contributed by atoms with E-state index in [2.05, 4.69) is 17.3 Å². The van der Waals surface area contributed by atoms with Crippen LogP contribution < -0.4 is 0 Å². The van der Waals surface area contributed by atoms with E-state index in [1.807, 2.05) is 31.2 Å². The van der Waals surface area contributed by atoms with Crippen molar-refractivity contribution >= 4 is 11.6 Å². The molecule has 0 spiro atoms. The second kappa shape index (κ2) is 12.3. The Morgan fingerprint density at radius 2 is 2.04 bits per heavy atom. The molecule has 0 bridgehead atoms. The van der Waals surface area contributed by atoms with Crippen LogP contribution in [0.2, 0.25) is 0 Å². The fourth-order valence-corrected chi connectivity index (χ4v) is 2.74. The van der Waals surface area contributed by atoms with Crippen molar-refractivity contribution in [3.05, 3.63) is 53.0 Å². The maximum absolute atomic E-state index is 12.0. The van der Waals surface area contributed by atoms with E-state index in [1.165, 1.54) is 0 Å². The molecule has 1 aliphatic rings. The number of nitroso groups, excluding NO2 is 1. The SMILES string of the molecule is CC/C=C\C[C@@H](C/C=C1/C(=O)C=C[C@@H]1C/C=C\CCCC(C)=O)N=O. The van der Waals surface area contributed by atoms with Gasteiger partial charge in [0.2, 0.25) is 0 Å². The molecule has 0 N–H and O–H groups in total. The van der Waals surface area contributed by atoms with E-state index < -0.39 is 0 Å². The van der Waals surface area contributed by atoms with Crippen molar-refractivity contribution in [2.45, 2.75) is 64.8 Å². The van der Waals surface area contributed by atoms with Gasteiger partial charge >= 0.3 is 0 Å². The van der Waals surface area contributed by atoms with Crippen LogP contribution >= 0.6 is 0 Å². The lowest BCUT2D eigenvalue weighted by Gasteiger charge is -2.09. The van der Waals surface area contributed by atoms with E-state index in [9.17, 15) is 14.5 Å². The molecule has 136 valence electrons. The number of ketones is 2. The van der Waals surface area contributed by atoms with Crippen LogP contribution in [0.1, 0.15) is 58.8 Å². The normalized spacial score (nSPS) is 20.2. The number of carbonyl (C=O) groups excluding carboxylic acids is 2. The van der Waals surface area contributed by atoms with Crippen LogP contribution in [0.25, 0.3) is 0 Å². The number of nitrogens with zero attached hydrogens (tertiary/aromatic N) is 1. The topological polar surface area (TPSA) is 63.6 Å². The molecule has 1 rings (SSSR count). The minimum absolute atomic E-state index is 0.0312. The summed E-state index contributed by atoms with van der Waals surface area (Å²) in [4.78, 5) is 33.8. The largest absolute Gasteiger partial charge is 0.300 e. The van der Waals surface area contributed by atoms with Gasteiger partial charge in [-0.05, 0) is 51.5 Å². The first-order valence-corrected chi connectivity index (χ1v) is 9.13. The van der Waals surface area contributed by atoms with Crippen molar-refractivity contribution in [3.8, 4) is 0 Å². The predicted octanol–water partition coefficient (Wildman–Crippen LogP) is 5.25. The van der Waals surface area contributed by atoms with E-state index in [-0.39, 0.29) is 23.5 Å². The van der Waals surface area contributed by atoms with Gasteiger partial charge in [-0.25, -0.2) is 0 Å². The summed E-state index contributed by atoms with van der Waals surface area (Å²) in [6.45, 7) is 3.65.